The molecular formula is C20H26N4O2. The maximum atomic E-state index is 11.9. The zero-order valence-electron chi connectivity index (χ0n) is 15.3. The first-order valence-corrected chi connectivity index (χ1v) is 8.59. The van der Waals surface area contributed by atoms with Crippen molar-refractivity contribution in [2.45, 2.75) is 13.0 Å². The van der Waals surface area contributed by atoms with Gasteiger partial charge in [-0.25, -0.2) is 0 Å². The highest BCUT2D eigenvalue weighted by Gasteiger charge is 2.03. The number of aliphatic imine (C=N–C) groups is 1. The minimum absolute atomic E-state index is 0.0769. The van der Waals surface area contributed by atoms with E-state index in [-0.39, 0.29) is 12.5 Å². The highest BCUT2D eigenvalue weighted by atomic mass is 16.5. The van der Waals surface area contributed by atoms with Crippen LogP contribution in [0.1, 0.15) is 11.1 Å². The molecule has 3 N–H and O–H groups in total. The highest BCUT2D eigenvalue weighted by Crippen LogP contribution is 2.11. The summed E-state index contributed by atoms with van der Waals surface area (Å²) < 4.78 is 5.15. The van der Waals surface area contributed by atoms with E-state index >= 15 is 0 Å². The Morgan fingerprint density at radius 1 is 0.962 bits per heavy atom. The zero-order chi connectivity index (χ0) is 18.6. The molecule has 2 rings (SSSR count). The number of nitrogens with zero attached hydrogens (tertiary/aromatic N) is 1. The topological polar surface area (TPSA) is 74.8 Å². The van der Waals surface area contributed by atoms with Crippen LogP contribution in [0.3, 0.4) is 0 Å². The van der Waals surface area contributed by atoms with E-state index in [1.165, 1.54) is 5.56 Å². The Bertz CT molecular complexity index is 700. The standard InChI is InChI=1S/C20H26N4O2/c1-21-20(22-13-12-16-8-10-18(26-2)11-9-16)24-15-19(25)23-14-17-6-4-3-5-7-17/h3-11H,12-15H2,1-2H3,(H,23,25)(H2,21,22,24). The Morgan fingerprint density at radius 3 is 2.35 bits per heavy atom. The van der Waals surface area contributed by atoms with Gasteiger partial charge in [0.25, 0.3) is 0 Å². The van der Waals surface area contributed by atoms with E-state index in [0.29, 0.717) is 12.5 Å². The number of methoxy groups -OCH3 is 1. The van der Waals surface area contributed by atoms with Gasteiger partial charge in [-0.1, -0.05) is 42.5 Å². The van der Waals surface area contributed by atoms with Gasteiger partial charge in [-0.05, 0) is 29.7 Å². The molecule has 26 heavy (non-hydrogen) atoms. The van der Waals surface area contributed by atoms with Crippen molar-refractivity contribution in [2.24, 2.45) is 4.99 Å². The molecule has 0 aliphatic carbocycles. The fourth-order valence-electron chi connectivity index (χ4n) is 2.36. The van der Waals surface area contributed by atoms with Crippen LogP contribution < -0.4 is 20.7 Å². The fraction of sp³-hybridized carbons (Fsp3) is 0.300. The summed E-state index contributed by atoms with van der Waals surface area (Å²) in [4.78, 5) is 16.1. The third-order valence-electron chi connectivity index (χ3n) is 3.84. The Labute approximate surface area is 154 Å². The van der Waals surface area contributed by atoms with Gasteiger partial charge in [-0.3, -0.25) is 9.79 Å². The number of carbonyl (C=O) groups is 1. The Kier molecular flexibility index (Phi) is 7.99. The summed E-state index contributed by atoms with van der Waals surface area (Å²) in [7, 11) is 3.34. The van der Waals surface area contributed by atoms with Crippen molar-refractivity contribution in [1.29, 1.82) is 0 Å². The summed E-state index contributed by atoms with van der Waals surface area (Å²) in [5.41, 5.74) is 2.28. The van der Waals surface area contributed by atoms with Crippen molar-refractivity contribution in [2.75, 3.05) is 27.2 Å². The normalized spacial score (nSPS) is 10.9. The van der Waals surface area contributed by atoms with Crippen LogP contribution in [0, 0.1) is 0 Å². The number of ether oxygens (including phenoxy) is 1. The molecule has 0 bridgehead atoms. The Balaban J connectivity index is 1.65. The second kappa shape index (κ2) is 10.8. The number of benzene rings is 2. The average molecular weight is 354 g/mol. The molecule has 0 atom stereocenters. The fourth-order valence-corrected chi connectivity index (χ4v) is 2.36. The number of nitrogens with one attached hydrogen (secondary N) is 3. The number of hydrogen-bond acceptors (Lipinski definition) is 3. The van der Waals surface area contributed by atoms with Crippen molar-refractivity contribution in [1.82, 2.24) is 16.0 Å². The minimum atomic E-state index is -0.0769. The van der Waals surface area contributed by atoms with E-state index in [4.69, 9.17) is 4.74 Å². The third kappa shape index (κ3) is 6.84. The second-order valence-electron chi connectivity index (χ2n) is 5.71. The predicted molar refractivity (Wildman–Crippen MR) is 104 cm³/mol. The molecule has 0 unspecified atom stereocenters. The largest absolute Gasteiger partial charge is 0.497 e. The van der Waals surface area contributed by atoms with Gasteiger partial charge in [0.15, 0.2) is 5.96 Å². The van der Waals surface area contributed by atoms with Crippen molar-refractivity contribution >= 4 is 11.9 Å². The lowest BCUT2D eigenvalue weighted by atomic mass is 10.1. The van der Waals surface area contributed by atoms with Crippen LogP contribution in [0.25, 0.3) is 0 Å². The third-order valence-corrected chi connectivity index (χ3v) is 3.84. The van der Waals surface area contributed by atoms with Gasteiger partial charge < -0.3 is 20.7 Å². The summed E-state index contributed by atoms with van der Waals surface area (Å²) in [5.74, 6) is 1.38. The Hall–Kier alpha value is -3.02. The molecular weight excluding hydrogens is 328 g/mol. The maximum Gasteiger partial charge on any atom is 0.239 e. The number of carbonyl (C=O) groups excluding carboxylic acids is 1. The van der Waals surface area contributed by atoms with Gasteiger partial charge in [0.1, 0.15) is 5.75 Å². The van der Waals surface area contributed by atoms with Crippen molar-refractivity contribution < 1.29 is 9.53 Å². The summed E-state index contributed by atoms with van der Waals surface area (Å²) in [5, 5.41) is 9.10. The van der Waals surface area contributed by atoms with Crippen LogP contribution >= 0.6 is 0 Å². The molecule has 0 saturated heterocycles. The first-order valence-electron chi connectivity index (χ1n) is 8.59. The van der Waals surface area contributed by atoms with Crippen LogP contribution in [0.5, 0.6) is 5.75 Å². The summed E-state index contributed by atoms with van der Waals surface area (Å²) in [6.07, 6.45) is 0.852. The van der Waals surface area contributed by atoms with Crippen LogP contribution in [-0.2, 0) is 17.8 Å². The lowest BCUT2D eigenvalue weighted by Gasteiger charge is -2.12. The van der Waals surface area contributed by atoms with Crippen LogP contribution in [-0.4, -0.2) is 39.1 Å². The van der Waals surface area contributed by atoms with Crippen LogP contribution in [0.15, 0.2) is 59.6 Å². The maximum absolute atomic E-state index is 11.9. The van der Waals surface area contributed by atoms with Gasteiger partial charge >= 0.3 is 0 Å². The minimum Gasteiger partial charge on any atom is -0.497 e. The van der Waals surface area contributed by atoms with Gasteiger partial charge in [0.05, 0.1) is 13.7 Å². The molecule has 0 saturated carbocycles. The Morgan fingerprint density at radius 2 is 1.69 bits per heavy atom. The molecule has 0 aliphatic heterocycles. The molecule has 1 amide bonds. The summed E-state index contributed by atoms with van der Waals surface area (Å²) in [6, 6.07) is 17.8. The van der Waals surface area contributed by atoms with Gasteiger partial charge in [0, 0.05) is 20.1 Å². The van der Waals surface area contributed by atoms with Crippen LogP contribution in [0.4, 0.5) is 0 Å². The first kappa shape index (κ1) is 19.3. The van der Waals surface area contributed by atoms with E-state index in [0.717, 1.165) is 24.3 Å². The number of hydrogen-bond donors (Lipinski definition) is 3. The van der Waals surface area contributed by atoms with E-state index in [2.05, 4.69) is 20.9 Å². The molecule has 0 radical (unpaired) electrons. The van der Waals surface area contributed by atoms with E-state index in [9.17, 15) is 4.79 Å². The number of amides is 1. The highest BCUT2D eigenvalue weighted by molar-refractivity contribution is 5.86. The molecule has 0 aromatic heterocycles. The van der Waals surface area contributed by atoms with Gasteiger partial charge in [0.2, 0.25) is 5.91 Å². The molecule has 138 valence electrons. The molecule has 2 aromatic carbocycles. The number of guanidine groups is 1. The van der Waals surface area contributed by atoms with E-state index in [1.807, 2.05) is 54.6 Å². The molecule has 0 fully saturated rings. The molecule has 2 aromatic rings. The number of rotatable bonds is 8. The smallest absolute Gasteiger partial charge is 0.239 e. The molecule has 0 spiro atoms. The zero-order valence-corrected chi connectivity index (χ0v) is 15.3. The van der Waals surface area contributed by atoms with Gasteiger partial charge in [-0.2, -0.15) is 0 Å². The molecule has 6 nitrogen and oxygen atoms in total. The van der Waals surface area contributed by atoms with Crippen molar-refractivity contribution in [3.05, 3.63) is 65.7 Å². The first-order chi connectivity index (χ1) is 12.7. The lowest BCUT2D eigenvalue weighted by Crippen LogP contribution is -2.43. The molecule has 6 heteroatoms. The van der Waals surface area contributed by atoms with Gasteiger partial charge in [-0.15, -0.1) is 0 Å². The van der Waals surface area contributed by atoms with E-state index < -0.39 is 0 Å². The van der Waals surface area contributed by atoms with Crippen molar-refractivity contribution in [3.8, 4) is 5.75 Å². The van der Waals surface area contributed by atoms with Crippen molar-refractivity contribution in [3.63, 3.8) is 0 Å². The average Bonchev–Trinajstić information content (AvgIpc) is 2.70. The van der Waals surface area contributed by atoms with Crippen LogP contribution in [0.2, 0.25) is 0 Å². The molecule has 0 aliphatic rings. The second-order valence-corrected chi connectivity index (χ2v) is 5.71. The quantitative estimate of drug-likeness (QED) is 0.498. The van der Waals surface area contributed by atoms with E-state index in [1.54, 1.807) is 14.2 Å². The predicted octanol–water partition coefficient (Wildman–Crippen LogP) is 1.72. The lowest BCUT2D eigenvalue weighted by molar-refractivity contribution is -0.120. The summed E-state index contributed by atoms with van der Waals surface area (Å²) in [6.45, 7) is 1.41. The monoisotopic (exact) mass is 354 g/mol. The molecule has 0 heterocycles. The summed E-state index contributed by atoms with van der Waals surface area (Å²) >= 11 is 0. The SMILES string of the molecule is CN=C(NCCc1ccc(OC)cc1)NCC(=O)NCc1ccccc1.